The number of amides is 2. The van der Waals surface area contributed by atoms with Gasteiger partial charge in [0.25, 0.3) is 0 Å². The topological polar surface area (TPSA) is 60.9 Å². The standard InChI is InChI=1S/C13H15FN2O3/c1-15-11(6-7-12(17)18)8-16(13(15)19)10-4-2-9(14)3-5-10/h2-5,11H,6-8H2,1H3,(H,17,18). The second kappa shape index (κ2) is 5.26. The van der Waals surface area contributed by atoms with Crippen LogP contribution in [0.2, 0.25) is 0 Å². The molecule has 1 heterocycles. The highest BCUT2D eigenvalue weighted by molar-refractivity contribution is 5.94. The molecule has 1 N–H and O–H groups in total. The summed E-state index contributed by atoms with van der Waals surface area (Å²) in [4.78, 5) is 25.7. The number of rotatable bonds is 4. The van der Waals surface area contributed by atoms with Gasteiger partial charge in [-0.15, -0.1) is 0 Å². The maximum atomic E-state index is 12.9. The number of carbonyl (C=O) groups is 2. The molecule has 0 radical (unpaired) electrons. The molecule has 5 nitrogen and oxygen atoms in total. The van der Waals surface area contributed by atoms with Crippen LogP contribution in [0.15, 0.2) is 24.3 Å². The smallest absolute Gasteiger partial charge is 0.324 e. The van der Waals surface area contributed by atoms with E-state index in [9.17, 15) is 14.0 Å². The van der Waals surface area contributed by atoms with Crippen LogP contribution >= 0.6 is 0 Å². The first-order valence-electron chi connectivity index (χ1n) is 6.00. The van der Waals surface area contributed by atoms with Gasteiger partial charge in [-0.05, 0) is 30.7 Å². The van der Waals surface area contributed by atoms with Crippen LogP contribution in [0.1, 0.15) is 12.8 Å². The van der Waals surface area contributed by atoms with Crippen molar-refractivity contribution in [3.8, 4) is 0 Å². The Kier molecular flexibility index (Phi) is 3.69. The number of carboxylic acids is 1. The lowest BCUT2D eigenvalue weighted by Gasteiger charge is -2.16. The van der Waals surface area contributed by atoms with Gasteiger partial charge in [-0.1, -0.05) is 0 Å². The van der Waals surface area contributed by atoms with Crippen LogP contribution in [-0.4, -0.2) is 41.6 Å². The largest absolute Gasteiger partial charge is 0.481 e. The fraction of sp³-hybridized carbons (Fsp3) is 0.385. The van der Waals surface area contributed by atoms with Crippen molar-refractivity contribution in [3.63, 3.8) is 0 Å². The molecule has 0 bridgehead atoms. The highest BCUT2D eigenvalue weighted by Crippen LogP contribution is 2.24. The predicted octanol–water partition coefficient (Wildman–Crippen LogP) is 1.93. The zero-order chi connectivity index (χ0) is 14.0. The van der Waals surface area contributed by atoms with Crippen molar-refractivity contribution in [1.82, 2.24) is 4.90 Å². The molecular weight excluding hydrogens is 251 g/mol. The Balaban J connectivity index is 2.09. The molecule has 1 saturated heterocycles. The molecule has 19 heavy (non-hydrogen) atoms. The number of hydrogen-bond donors (Lipinski definition) is 1. The van der Waals surface area contributed by atoms with E-state index in [1.54, 1.807) is 19.2 Å². The third-order valence-electron chi connectivity index (χ3n) is 3.30. The summed E-state index contributed by atoms with van der Waals surface area (Å²) in [6, 6.07) is 5.36. The zero-order valence-electron chi connectivity index (χ0n) is 10.5. The van der Waals surface area contributed by atoms with E-state index in [1.807, 2.05) is 0 Å². The molecule has 1 unspecified atom stereocenters. The minimum absolute atomic E-state index is 0.0273. The lowest BCUT2D eigenvalue weighted by Crippen LogP contribution is -2.31. The Hall–Kier alpha value is -2.11. The Bertz CT molecular complexity index is 489. The van der Waals surface area contributed by atoms with Gasteiger partial charge in [0.1, 0.15) is 5.82 Å². The summed E-state index contributed by atoms with van der Waals surface area (Å²) >= 11 is 0. The fourth-order valence-corrected chi connectivity index (χ4v) is 2.17. The van der Waals surface area contributed by atoms with Gasteiger partial charge in [0.2, 0.25) is 0 Å². The molecule has 6 heteroatoms. The van der Waals surface area contributed by atoms with Crippen LogP contribution < -0.4 is 4.90 Å². The van der Waals surface area contributed by atoms with E-state index in [4.69, 9.17) is 5.11 Å². The molecule has 1 aliphatic heterocycles. The van der Waals surface area contributed by atoms with Gasteiger partial charge in [0.05, 0.1) is 6.04 Å². The van der Waals surface area contributed by atoms with Crippen LogP contribution in [-0.2, 0) is 4.79 Å². The average Bonchev–Trinajstić information content (AvgIpc) is 2.65. The number of carbonyl (C=O) groups excluding carboxylic acids is 1. The number of halogens is 1. The minimum atomic E-state index is -0.874. The summed E-state index contributed by atoms with van der Waals surface area (Å²) in [5.41, 5.74) is 0.621. The lowest BCUT2D eigenvalue weighted by atomic mass is 10.1. The van der Waals surface area contributed by atoms with Crippen LogP contribution in [0.5, 0.6) is 0 Å². The Morgan fingerprint density at radius 2 is 2.05 bits per heavy atom. The molecule has 0 saturated carbocycles. The molecule has 0 spiro atoms. The third kappa shape index (κ3) is 2.83. The highest BCUT2D eigenvalue weighted by atomic mass is 19.1. The first-order chi connectivity index (χ1) is 8.99. The SMILES string of the molecule is CN1C(=O)N(c2ccc(F)cc2)CC1CCC(=O)O. The van der Waals surface area contributed by atoms with Gasteiger partial charge in [-0.3, -0.25) is 9.69 Å². The van der Waals surface area contributed by atoms with Crippen molar-refractivity contribution in [3.05, 3.63) is 30.1 Å². The quantitative estimate of drug-likeness (QED) is 0.905. The number of anilines is 1. The average molecular weight is 266 g/mol. The lowest BCUT2D eigenvalue weighted by molar-refractivity contribution is -0.137. The van der Waals surface area contributed by atoms with Crippen molar-refractivity contribution >= 4 is 17.7 Å². The summed E-state index contributed by atoms with van der Waals surface area (Å²) < 4.78 is 12.9. The predicted molar refractivity (Wildman–Crippen MR) is 67.6 cm³/mol. The molecule has 1 fully saturated rings. The van der Waals surface area contributed by atoms with E-state index in [2.05, 4.69) is 0 Å². The molecule has 0 aromatic heterocycles. The summed E-state index contributed by atoms with van der Waals surface area (Å²) in [6.07, 6.45) is 0.439. The van der Waals surface area contributed by atoms with E-state index < -0.39 is 5.97 Å². The van der Waals surface area contributed by atoms with Crippen molar-refractivity contribution in [2.75, 3.05) is 18.5 Å². The molecule has 1 aromatic carbocycles. The molecule has 1 aromatic rings. The van der Waals surface area contributed by atoms with E-state index in [0.29, 0.717) is 18.7 Å². The Morgan fingerprint density at radius 1 is 1.42 bits per heavy atom. The van der Waals surface area contributed by atoms with Gasteiger partial charge in [0.15, 0.2) is 0 Å². The van der Waals surface area contributed by atoms with Crippen molar-refractivity contribution in [2.24, 2.45) is 0 Å². The second-order valence-electron chi connectivity index (χ2n) is 4.57. The van der Waals surface area contributed by atoms with E-state index >= 15 is 0 Å². The molecule has 1 aliphatic rings. The van der Waals surface area contributed by atoms with Crippen LogP contribution in [0.25, 0.3) is 0 Å². The molecule has 102 valence electrons. The van der Waals surface area contributed by atoms with Gasteiger partial charge in [-0.25, -0.2) is 9.18 Å². The molecule has 2 amide bonds. The number of carboxylic acid groups (broad SMARTS) is 1. The van der Waals surface area contributed by atoms with Crippen LogP contribution in [0.4, 0.5) is 14.9 Å². The van der Waals surface area contributed by atoms with E-state index in [1.165, 1.54) is 21.9 Å². The fourth-order valence-electron chi connectivity index (χ4n) is 2.17. The Morgan fingerprint density at radius 3 is 2.63 bits per heavy atom. The summed E-state index contributed by atoms with van der Waals surface area (Å²) in [5, 5.41) is 8.68. The number of aliphatic carboxylic acids is 1. The number of hydrogen-bond acceptors (Lipinski definition) is 2. The van der Waals surface area contributed by atoms with Gasteiger partial charge >= 0.3 is 12.0 Å². The number of benzene rings is 1. The van der Waals surface area contributed by atoms with Crippen LogP contribution in [0, 0.1) is 5.82 Å². The highest BCUT2D eigenvalue weighted by Gasteiger charge is 2.35. The molecule has 1 atom stereocenters. The monoisotopic (exact) mass is 266 g/mol. The maximum absolute atomic E-state index is 12.9. The number of nitrogens with zero attached hydrogens (tertiary/aromatic N) is 2. The molecular formula is C13H15FN2O3. The molecule has 0 aliphatic carbocycles. The first-order valence-corrected chi connectivity index (χ1v) is 6.00. The van der Waals surface area contributed by atoms with Gasteiger partial charge in [0, 0.05) is 25.7 Å². The second-order valence-corrected chi connectivity index (χ2v) is 4.57. The zero-order valence-corrected chi connectivity index (χ0v) is 10.5. The Labute approximate surface area is 110 Å². The third-order valence-corrected chi connectivity index (χ3v) is 3.30. The summed E-state index contributed by atoms with van der Waals surface area (Å²) in [5.74, 6) is -1.23. The summed E-state index contributed by atoms with van der Waals surface area (Å²) in [6.45, 7) is 0.425. The normalized spacial score (nSPS) is 19.1. The number of urea groups is 1. The van der Waals surface area contributed by atoms with Crippen molar-refractivity contribution in [1.29, 1.82) is 0 Å². The maximum Gasteiger partial charge on any atom is 0.324 e. The molecule has 2 rings (SSSR count). The van der Waals surface area contributed by atoms with Crippen molar-refractivity contribution < 1.29 is 19.1 Å². The van der Waals surface area contributed by atoms with Crippen LogP contribution in [0.3, 0.4) is 0 Å². The van der Waals surface area contributed by atoms with Gasteiger partial charge in [-0.2, -0.15) is 0 Å². The van der Waals surface area contributed by atoms with Crippen molar-refractivity contribution in [2.45, 2.75) is 18.9 Å². The van der Waals surface area contributed by atoms with E-state index in [0.717, 1.165) is 0 Å². The number of likely N-dealkylation sites (N-methyl/N-ethyl adjacent to an activating group) is 1. The first kappa shape index (κ1) is 13.3. The van der Waals surface area contributed by atoms with E-state index in [-0.39, 0.29) is 24.3 Å². The van der Waals surface area contributed by atoms with Gasteiger partial charge < -0.3 is 10.0 Å². The minimum Gasteiger partial charge on any atom is -0.481 e. The summed E-state index contributed by atoms with van der Waals surface area (Å²) in [7, 11) is 1.65.